The van der Waals surface area contributed by atoms with Gasteiger partial charge in [-0.05, 0) is 56.2 Å². The van der Waals surface area contributed by atoms with Gasteiger partial charge in [0.25, 0.3) is 0 Å². The van der Waals surface area contributed by atoms with E-state index in [1.54, 1.807) is 23.7 Å². The second-order valence-corrected chi connectivity index (χ2v) is 11.4. The van der Waals surface area contributed by atoms with Crippen molar-refractivity contribution in [3.05, 3.63) is 64.9 Å². The topological polar surface area (TPSA) is 118 Å². The highest BCUT2D eigenvalue weighted by Gasteiger charge is 2.23. The van der Waals surface area contributed by atoms with Gasteiger partial charge in [0.1, 0.15) is 6.61 Å². The molecule has 11 heteroatoms. The third kappa shape index (κ3) is 6.28. The molecular formula is C25H30F2N2O6S. The van der Waals surface area contributed by atoms with Crippen LogP contribution in [-0.2, 0) is 33.0 Å². The summed E-state index contributed by atoms with van der Waals surface area (Å²) >= 11 is 0. The maximum Gasteiger partial charge on any atom is 0.321 e. The van der Waals surface area contributed by atoms with Crippen molar-refractivity contribution in [3.8, 4) is 0 Å². The molecule has 0 aliphatic rings. The van der Waals surface area contributed by atoms with Gasteiger partial charge in [-0.1, -0.05) is 12.1 Å². The molecule has 0 radical (unpaired) electrons. The van der Waals surface area contributed by atoms with Crippen LogP contribution in [0.4, 0.5) is 8.78 Å². The average molecular weight is 525 g/mol. The smallest absolute Gasteiger partial charge is 0.321 e. The zero-order chi connectivity index (χ0) is 26.8. The Bertz CT molecular complexity index is 1360. The molecule has 196 valence electrons. The van der Waals surface area contributed by atoms with Crippen LogP contribution in [0, 0.1) is 18.6 Å². The standard InChI is InChI=1S/C25H30F2N2O6S/c1-15-9-21-19(24(27)23(15)26)10-17(29(21)4)11-28-20(12-30)16-5-7-18(8-6-16)36(33,34)13-22(31)35-14-25(2,3)32/h5-10,20,28,30,32H,11-14H2,1-4H3/t20-/m1/s1. The Morgan fingerprint density at radius 2 is 1.81 bits per heavy atom. The van der Waals surface area contributed by atoms with Crippen molar-refractivity contribution in [1.29, 1.82) is 0 Å². The number of aryl methyl sites for hydroxylation is 2. The molecule has 0 bridgehead atoms. The molecule has 1 aromatic heterocycles. The fourth-order valence-corrected chi connectivity index (χ4v) is 4.82. The van der Waals surface area contributed by atoms with Crippen molar-refractivity contribution >= 4 is 26.7 Å². The minimum atomic E-state index is -3.97. The molecular weight excluding hydrogens is 494 g/mol. The lowest BCUT2D eigenvalue weighted by Gasteiger charge is -2.18. The summed E-state index contributed by atoms with van der Waals surface area (Å²) in [5.41, 5.74) is 0.723. The van der Waals surface area contributed by atoms with Gasteiger partial charge in [-0.3, -0.25) is 4.79 Å². The van der Waals surface area contributed by atoms with E-state index in [4.69, 9.17) is 4.74 Å². The molecule has 3 N–H and O–H groups in total. The number of carbonyl (C=O) groups is 1. The lowest BCUT2D eigenvalue weighted by atomic mass is 10.1. The number of benzene rings is 2. The normalized spacial score (nSPS) is 13.2. The van der Waals surface area contributed by atoms with Crippen LogP contribution in [0.15, 0.2) is 41.3 Å². The molecule has 1 atom stereocenters. The molecule has 0 aliphatic heterocycles. The Morgan fingerprint density at radius 3 is 2.39 bits per heavy atom. The number of hydrogen-bond donors (Lipinski definition) is 3. The largest absolute Gasteiger partial charge is 0.462 e. The van der Waals surface area contributed by atoms with Gasteiger partial charge in [-0.2, -0.15) is 0 Å². The van der Waals surface area contributed by atoms with E-state index in [0.29, 0.717) is 16.8 Å². The lowest BCUT2D eigenvalue weighted by molar-refractivity contribution is -0.146. The average Bonchev–Trinajstić information content (AvgIpc) is 3.12. The fourth-order valence-electron chi connectivity index (χ4n) is 3.71. The second kappa shape index (κ2) is 10.6. The highest BCUT2D eigenvalue weighted by molar-refractivity contribution is 7.92. The Kier molecular flexibility index (Phi) is 8.19. The van der Waals surface area contributed by atoms with Crippen LogP contribution in [0.25, 0.3) is 10.9 Å². The number of aromatic nitrogens is 1. The number of fused-ring (bicyclic) bond motifs is 1. The monoisotopic (exact) mass is 524 g/mol. The van der Waals surface area contributed by atoms with E-state index in [1.807, 2.05) is 0 Å². The Labute approximate surface area is 208 Å². The van der Waals surface area contributed by atoms with E-state index in [1.165, 1.54) is 45.0 Å². The molecule has 0 saturated heterocycles. The third-order valence-electron chi connectivity index (χ3n) is 5.76. The van der Waals surface area contributed by atoms with E-state index in [9.17, 15) is 32.2 Å². The van der Waals surface area contributed by atoms with E-state index in [0.717, 1.165) is 0 Å². The van der Waals surface area contributed by atoms with E-state index < -0.39 is 44.8 Å². The Hall–Kier alpha value is -2.86. The number of sulfone groups is 1. The number of carbonyl (C=O) groups excluding carboxylic acids is 1. The van der Waals surface area contributed by atoms with E-state index in [2.05, 4.69) is 5.32 Å². The molecule has 0 aliphatic carbocycles. The lowest BCUT2D eigenvalue weighted by Crippen LogP contribution is -2.30. The first-order valence-electron chi connectivity index (χ1n) is 11.2. The maximum absolute atomic E-state index is 14.4. The quantitative estimate of drug-likeness (QED) is 0.349. The predicted octanol–water partition coefficient (Wildman–Crippen LogP) is 2.68. The summed E-state index contributed by atoms with van der Waals surface area (Å²) in [4.78, 5) is 11.8. The summed E-state index contributed by atoms with van der Waals surface area (Å²) in [5, 5.41) is 22.8. The molecule has 36 heavy (non-hydrogen) atoms. The maximum atomic E-state index is 14.4. The van der Waals surface area contributed by atoms with Crippen molar-refractivity contribution < 1.29 is 36.9 Å². The molecule has 0 fully saturated rings. The van der Waals surface area contributed by atoms with Gasteiger partial charge in [0.15, 0.2) is 27.2 Å². The number of aliphatic hydroxyl groups is 2. The zero-order valence-corrected chi connectivity index (χ0v) is 21.3. The number of halogens is 2. The number of aliphatic hydroxyl groups excluding tert-OH is 1. The van der Waals surface area contributed by atoms with Gasteiger partial charge in [-0.25, -0.2) is 17.2 Å². The Morgan fingerprint density at radius 1 is 1.17 bits per heavy atom. The summed E-state index contributed by atoms with van der Waals surface area (Å²) in [6.45, 7) is 3.94. The summed E-state index contributed by atoms with van der Waals surface area (Å²) in [6.07, 6.45) is 0. The van der Waals surface area contributed by atoms with Gasteiger partial charge in [-0.15, -0.1) is 0 Å². The molecule has 3 rings (SSSR count). The molecule has 2 aromatic carbocycles. The van der Waals surface area contributed by atoms with Gasteiger partial charge >= 0.3 is 5.97 Å². The van der Waals surface area contributed by atoms with Crippen molar-refractivity contribution in [2.45, 2.75) is 43.9 Å². The minimum absolute atomic E-state index is 0.0929. The Balaban J connectivity index is 1.71. The van der Waals surface area contributed by atoms with Crippen LogP contribution >= 0.6 is 0 Å². The van der Waals surface area contributed by atoms with Crippen molar-refractivity contribution in [2.75, 3.05) is 19.0 Å². The van der Waals surface area contributed by atoms with Crippen LogP contribution < -0.4 is 5.32 Å². The molecule has 3 aromatic rings. The molecule has 0 spiro atoms. The third-order valence-corrected chi connectivity index (χ3v) is 7.36. The van der Waals surface area contributed by atoms with Crippen LogP contribution in [0.2, 0.25) is 0 Å². The molecule has 0 amide bonds. The first kappa shape index (κ1) is 27.7. The number of nitrogens with one attached hydrogen (secondary N) is 1. The number of ether oxygens (including phenoxy) is 1. The van der Waals surface area contributed by atoms with Gasteiger partial charge in [0, 0.05) is 24.7 Å². The molecule has 0 saturated carbocycles. The minimum Gasteiger partial charge on any atom is -0.462 e. The molecule has 0 unspecified atom stereocenters. The molecule has 8 nitrogen and oxygen atoms in total. The van der Waals surface area contributed by atoms with E-state index in [-0.39, 0.29) is 35.6 Å². The summed E-state index contributed by atoms with van der Waals surface area (Å²) in [7, 11) is -2.24. The summed E-state index contributed by atoms with van der Waals surface area (Å²) < 4.78 is 59.9. The van der Waals surface area contributed by atoms with Crippen molar-refractivity contribution in [3.63, 3.8) is 0 Å². The highest BCUT2D eigenvalue weighted by Crippen LogP contribution is 2.27. The van der Waals surface area contributed by atoms with Crippen molar-refractivity contribution in [2.24, 2.45) is 7.05 Å². The zero-order valence-electron chi connectivity index (χ0n) is 20.5. The van der Waals surface area contributed by atoms with Crippen LogP contribution in [0.3, 0.4) is 0 Å². The SMILES string of the molecule is Cc1cc2c(cc(CN[C@H](CO)c3ccc(S(=O)(=O)CC(=O)OCC(C)(C)O)cc3)n2C)c(F)c1F. The van der Waals surface area contributed by atoms with Gasteiger partial charge in [0.05, 0.1) is 28.7 Å². The first-order valence-corrected chi connectivity index (χ1v) is 12.9. The highest BCUT2D eigenvalue weighted by atomic mass is 32.2. The summed E-state index contributed by atoms with van der Waals surface area (Å²) in [6, 6.07) is 8.24. The number of esters is 1. The number of rotatable bonds is 10. The summed E-state index contributed by atoms with van der Waals surface area (Å²) in [5.74, 6) is -3.65. The first-order chi connectivity index (χ1) is 16.7. The number of hydrogen-bond acceptors (Lipinski definition) is 7. The molecule has 1 heterocycles. The van der Waals surface area contributed by atoms with Crippen LogP contribution in [-0.4, -0.2) is 53.7 Å². The predicted molar refractivity (Wildman–Crippen MR) is 130 cm³/mol. The van der Waals surface area contributed by atoms with Crippen LogP contribution in [0.5, 0.6) is 0 Å². The van der Waals surface area contributed by atoms with Gasteiger partial charge < -0.3 is 24.8 Å². The van der Waals surface area contributed by atoms with Crippen molar-refractivity contribution in [1.82, 2.24) is 9.88 Å². The van der Waals surface area contributed by atoms with E-state index >= 15 is 0 Å². The number of nitrogens with zero attached hydrogens (tertiary/aromatic N) is 1. The second-order valence-electron chi connectivity index (χ2n) is 9.37. The van der Waals surface area contributed by atoms with Crippen LogP contribution in [0.1, 0.15) is 36.7 Å². The van der Waals surface area contributed by atoms with Gasteiger partial charge in [0.2, 0.25) is 0 Å². The fraction of sp³-hybridized carbons (Fsp3) is 0.400.